The van der Waals surface area contributed by atoms with Crippen molar-refractivity contribution in [2.24, 2.45) is 0 Å². The van der Waals surface area contributed by atoms with Crippen molar-refractivity contribution in [1.82, 2.24) is 15.2 Å². The molecule has 0 aliphatic carbocycles. The van der Waals surface area contributed by atoms with Crippen LogP contribution in [-0.2, 0) is 22.3 Å². The number of nitrogens with zero attached hydrogens (tertiary/aromatic N) is 3. The van der Waals surface area contributed by atoms with Crippen LogP contribution in [0.3, 0.4) is 0 Å². The van der Waals surface area contributed by atoms with Crippen LogP contribution < -0.4 is 0 Å². The highest BCUT2D eigenvalue weighted by Crippen LogP contribution is 2.24. The third-order valence-electron chi connectivity index (χ3n) is 2.73. The van der Waals surface area contributed by atoms with E-state index in [4.69, 9.17) is 0 Å². The summed E-state index contributed by atoms with van der Waals surface area (Å²) in [5.41, 5.74) is 1.04. The van der Waals surface area contributed by atoms with Gasteiger partial charge in [0.25, 0.3) is 0 Å². The van der Waals surface area contributed by atoms with Gasteiger partial charge in [-0.25, -0.2) is 4.98 Å². The smallest absolute Gasteiger partial charge is 0.147 e. The molecule has 3 rings (SSSR count). The Kier molecular flexibility index (Phi) is 4.52. The van der Waals surface area contributed by atoms with Gasteiger partial charge < -0.3 is 0 Å². The Morgan fingerprint density at radius 3 is 2.52 bits per heavy atom. The maximum atomic E-state index is 12.2. The molecule has 7 heteroatoms. The van der Waals surface area contributed by atoms with E-state index in [1.165, 1.54) is 11.3 Å². The zero-order valence-corrected chi connectivity index (χ0v) is 13.8. The molecule has 0 unspecified atom stereocenters. The van der Waals surface area contributed by atoms with Crippen LogP contribution in [0.1, 0.15) is 14.9 Å². The van der Waals surface area contributed by atoms with Gasteiger partial charge in [0.2, 0.25) is 0 Å². The molecule has 0 spiro atoms. The second kappa shape index (κ2) is 6.55. The molecule has 0 amide bonds. The molecule has 0 fully saturated rings. The van der Waals surface area contributed by atoms with Crippen LogP contribution in [0.5, 0.6) is 0 Å². The summed E-state index contributed by atoms with van der Waals surface area (Å²) >= 11 is 3.09. The van der Waals surface area contributed by atoms with Crippen LogP contribution in [0.25, 0.3) is 10.6 Å². The molecule has 0 saturated heterocycles. The quantitative estimate of drug-likeness (QED) is 0.717. The van der Waals surface area contributed by atoms with Crippen LogP contribution in [0, 0.1) is 6.92 Å². The van der Waals surface area contributed by atoms with Crippen molar-refractivity contribution in [3.05, 3.63) is 51.4 Å². The maximum absolute atomic E-state index is 12.2. The van der Waals surface area contributed by atoms with E-state index in [1.807, 2.05) is 43.5 Å². The predicted octanol–water partition coefficient (Wildman–Crippen LogP) is 3.42. The first-order valence-electron chi connectivity index (χ1n) is 6.35. The molecule has 21 heavy (non-hydrogen) atoms. The molecule has 2 aromatic heterocycles. The maximum Gasteiger partial charge on any atom is 0.147 e. The number of aryl methyl sites for hydroxylation is 1. The van der Waals surface area contributed by atoms with Crippen molar-refractivity contribution in [3.63, 3.8) is 0 Å². The average Bonchev–Trinajstić information content (AvgIpc) is 3.09. The number of benzene rings is 1. The van der Waals surface area contributed by atoms with Gasteiger partial charge in [0, 0.05) is 27.4 Å². The molecule has 0 bridgehead atoms. The first-order chi connectivity index (χ1) is 10.2. The highest BCUT2D eigenvalue weighted by Gasteiger charge is 2.11. The van der Waals surface area contributed by atoms with Gasteiger partial charge in [-0.15, -0.1) is 21.5 Å². The van der Waals surface area contributed by atoms with Crippen molar-refractivity contribution >= 4 is 33.5 Å². The summed E-state index contributed by atoms with van der Waals surface area (Å²) in [6, 6.07) is 9.91. The van der Waals surface area contributed by atoms with Gasteiger partial charge in [0.05, 0.1) is 11.5 Å². The fraction of sp³-hybridized carbons (Fsp3) is 0.214. The Balaban J connectivity index is 1.66. The molecular formula is C14H13N3OS3. The molecule has 0 radical (unpaired) electrons. The van der Waals surface area contributed by atoms with Crippen LogP contribution in [0.4, 0.5) is 0 Å². The first kappa shape index (κ1) is 14.5. The number of hydrogen-bond donors (Lipinski definition) is 0. The lowest BCUT2D eigenvalue weighted by molar-refractivity contribution is 0.681. The minimum atomic E-state index is -0.996. The average molecular weight is 335 g/mol. The van der Waals surface area contributed by atoms with Gasteiger partial charge in [0.1, 0.15) is 15.0 Å². The Bertz CT molecular complexity index is 752. The SMILES string of the molecule is Cc1cnc(C[S@](=O)Cc2nnc(-c3ccccc3)s2)s1. The molecule has 0 N–H and O–H groups in total. The zero-order valence-electron chi connectivity index (χ0n) is 11.4. The van der Waals surface area contributed by atoms with Crippen LogP contribution in [-0.4, -0.2) is 19.4 Å². The fourth-order valence-electron chi connectivity index (χ4n) is 1.80. The lowest BCUT2D eigenvalue weighted by Gasteiger charge is -1.95. The molecular weight excluding hydrogens is 322 g/mol. The number of thiazole rings is 1. The molecule has 0 aliphatic rings. The Hall–Kier alpha value is -1.44. The number of aromatic nitrogens is 3. The van der Waals surface area contributed by atoms with E-state index in [1.54, 1.807) is 11.3 Å². The normalized spacial score (nSPS) is 12.4. The largest absolute Gasteiger partial charge is 0.259 e. The van der Waals surface area contributed by atoms with E-state index < -0.39 is 10.8 Å². The Labute approximate surface area is 133 Å². The second-order valence-electron chi connectivity index (χ2n) is 4.46. The van der Waals surface area contributed by atoms with Crippen molar-refractivity contribution in [2.45, 2.75) is 18.4 Å². The molecule has 0 aliphatic heterocycles. The minimum absolute atomic E-state index is 0.434. The van der Waals surface area contributed by atoms with E-state index in [9.17, 15) is 4.21 Å². The van der Waals surface area contributed by atoms with Crippen molar-refractivity contribution in [1.29, 1.82) is 0 Å². The van der Waals surface area contributed by atoms with Crippen LogP contribution in [0.2, 0.25) is 0 Å². The first-order valence-corrected chi connectivity index (χ1v) is 9.47. The molecule has 2 heterocycles. The van der Waals surface area contributed by atoms with E-state index in [2.05, 4.69) is 15.2 Å². The highest BCUT2D eigenvalue weighted by molar-refractivity contribution is 7.83. The second-order valence-corrected chi connectivity index (χ2v) is 8.30. The molecule has 4 nitrogen and oxygen atoms in total. The summed E-state index contributed by atoms with van der Waals surface area (Å²) in [5.74, 6) is 0.919. The molecule has 3 aromatic rings. The summed E-state index contributed by atoms with van der Waals surface area (Å²) in [6.07, 6.45) is 1.82. The topological polar surface area (TPSA) is 55.7 Å². The van der Waals surface area contributed by atoms with Gasteiger partial charge in [-0.3, -0.25) is 4.21 Å². The third-order valence-corrected chi connectivity index (χ3v) is 6.17. The number of hydrogen-bond acceptors (Lipinski definition) is 6. The summed E-state index contributed by atoms with van der Waals surface area (Å²) in [4.78, 5) is 5.39. The zero-order chi connectivity index (χ0) is 14.7. The van der Waals surface area contributed by atoms with E-state index >= 15 is 0 Å². The Morgan fingerprint density at radius 1 is 1.05 bits per heavy atom. The molecule has 0 saturated carbocycles. The van der Waals surface area contributed by atoms with E-state index in [0.717, 1.165) is 25.5 Å². The van der Waals surface area contributed by atoms with E-state index in [0.29, 0.717) is 11.5 Å². The monoisotopic (exact) mass is 335 g/mol. The lowest BCUT2D eigenvalue weighted by atomic mass is 10.2. The van der Waals surface area contributed by atoms with Crippen molar-refractivity contribution in [2.75, 3.05) is 0 Å². The van der Waals surface area contributed by atoms with Gasteiger partial charge in [-0.1, -0.05) is 41.7 Å². The minimum Gasteiger partial charge on any atom is -0.259 e. The van der Waals surface area contributed by atoms with Crippen LogP contribution >= 0.6 is 22.7 Å². The van der Waals surface area contributed by atoms with Gasteiger partial charge in [-0.2, -0.15) is 0 Å². The third kappa shape index (κ3) is 3.81. The molecule has 108 valence electrons. The van der Waals surface area contributed by atoms with E-state index in [-0.39, 0.29) is 0 Å². The lowest BCUT2D eigenvalue weighted by Crippen LogP contribution is -1.98. The van der Waals surface area contributed by atoms with Gasteiger partial charge >= 0.3 is 0 Å². The highest BCUT2D eigenvalue weighted by atomic mass is 32.2. The fourth-order valence-corrected chi connectivity index (χ4v) is 5.07. The molecule has 1 aromatic carbocycles. The summed E-state index contributed by atoms with van der Waals surface area (Å²) in [5, 5.41) is 10.9. The summed E-state index contributed by atoms with van der Waals surface area (Å²) < 4.78 is 12.2. The Morgan fingerprint density at radius 2 is 1.81 bits per heavy atom. The van der Waals surface area contributed by atoms with Crippen LogP contribution in [0.15, 0.2) is 36.5 Å². The summed E-state index contributed by atoms with van der Waals surface area (Å²) in [6.45, 7) is 2.00. The van der Waals surface area contributed by atoms with Crippen molar-refractivity contribution < 1.29 is 4.21 Å². The summed E-state index contributed by atoms with van der Waals surface area (Å²) in [7, 11) is -0.996. The van der Waals surface area contributed by atoms with Crippen molar-refractivity contribution in [3.8, 4) is 10.6 Å². The van der Waals surface area contributed by atoms with Gasteiger partial charge in [0.15, 0.2) is 0 Å². The number of rotatable bonds is 5. The molecule has 1 atom stereocenters. The van der Waals surface area contributed by atoms with Gasteiger partial charge in [-0.05, 0) is 6.92 Å². The standard InChI is InChI=1S/C14H13N3OS3/c1-10-7-15-12(19-10)8-21(18)9-13-16-17-14(20-13)11-5-3-2-4-6-11/h2-7H,8-9H2,1H3/t21-/m0/s1. The predicted molar refractivity (Wildman–Crippen MR) is 87.7 cm³/mol.